The van der Waals surface area contributed by atoms with E-state index >= 15 is 0 Å². The molecular formula is C5H13OS+. The lowest BCUT2D eigenvalue weighted by Gasteiger charge is -1.93. The van der Waals surface area contributed by atoms with Crippen LogP contribution >= 0.6 is 0 Å². The van der Waals surface area contributed by atoms with E-state index < -0.39 is 9.93 Å². The van der Waals surface area contributed by atoms with E-state index in [1.165, 1.54) is 0 Å². The standard InChI is InChI=1S/C5H13OS/c1-4-5-7(2,3)6/h4-5H2,1-3H3/q+1. The molecule has 0 radical (unpaired) electrons. The van der Waals surface area contributed by atoms with E-state index in [-0.39, 0.29) is 0 Å². The highest BCUT2D eigenvalue weighted by Crippen LogP contribution is 1.94. The van der Waals surface area contributed by atoms with Gasteiger partial charge in [-0.3, -0.25) is 0 Å². The molecule has 0 N–H and O–H groups in total. The van der Waals surface area contributed by atoms with Gasteiger partial charge in [-0.2, -0.15) is 0 Å². The van der Waals surface area contributed by atoms with Crippen LogP contribution in [0, 0.1) is 0 Å². The summed E-state index contributed by atoms with van der Waals surface area (Å²) < 4.78 is 10.8. The molecule has 0 saturated carbocycles. The Balaban J connectivity index is 3.36. The van der Waals surface area contributed by atoms with Crippen LogP contribution in [0.5, 0.6) is 0 Å². The zero-order valence-electron chi connectivity index (χ0n) is 5.23. The third-order valence-corrected chi connectivity index (χ3v) is 2.09. The predicted octanol–water partition coefficient (Wildman–Crippen LogP) is 1.16. The molecule has 0 aromatic carbocycles. The van der Waals surface area contributed by atoms with Crippen molar-refractivity contribution in [1.29, 1.82) is 0 Å². The third kappa shape index (κ3) is 6.15. The first-order chi connectivity index (χ1) is 3.06. The average molecular weight is 121 g/mol. The highest BCUT2D eigenvalue weighted by molar-refractivity contribution is 8.01. The van der Waals surface area contributed by atoms with Gasteiger partial charge in [-0.05, 0) is 6.42 Å². The summed E-state index contributed by atoms with van der Waals surface area (Å²) in [6, 6.07) is 0. The van der Waals surface area contributed by atoms with Crippen LogP contribution in [-0.4, -0.2) is 18.3 Å². The van der Waals surface area contributed by atoms with Gasteiger partial charge in [0, 0.05) is 0 Å². The summed E-state index contributed by atoms with van der Waals surface area (Å²) in [5.74, 6) is 0.868. The Morgan fingerprint density at radius 3 is 1.86 bits per heavy atom. The molecule has 0 spiro atoms. The summed E-state index contributed by atoms with van der Waals surface area (Å²) in [5, 5.41) is 0. The second-order valence-corrected chi connectivity index (χ2v) is 5.42. The van der Waals surface area contributed by atoms with Gasteiger partial charge in [0.25, 0.3) is 0 Å². The summed E-state index contributed by atoms with van der Waals surface area (Å²) in [6.45, 7) is 2.05. The number of hydrogen-bond donors (Lipinski definition) is 0. The Morgan fingerprint density at radius 1 is 1.43 bits per heavy atom. The first-order valence-corrected chi connectivity index (χ1v) is 5.02. The fraction of sp³-hybridized carbons (Fsp3) is 1.00. The Morgan fingerprint density at radius 2 is 1.86 bits per heavy atom. The summed E-state index contributed by atoms with van der Waals surface area (Å²) in [6.07, 6.45) is 4.64. The SMILES string of the molecule is CCC[S+](C)(C)=O. The second kappa shape index (κ2) is 2.46. The molecule has 44 valence electrons. The van der Waals surface area contributed by atoms with Crippen LogP contribution in [0.25, 0.3) is 0 Å². The maximum absolute atomic E-state index is 10.8. The molecule has 0 heterocycles. The van der Waals surface area contributed by atoms with Crippen molar-refractivity contribution in [2.24, 2.45) is 0 Å². The highest BCUT2D eigenvalue weighted by atomic mass is 32.2. The van der Waals surface area contributed by atoms with Gasteiger partial charge >= 0.3 is 0 Å². The smallest absolute Gasteiger partial charge is 0.106 e. The molecule has 7 heavy (non-hydrogen) atoms. The molecule has 0 aromatic rings. The van der Waals surface area contributed by atoms with E-state index in [4.69, 9.17) is 0 Å². The molecule has 0 rings (SSSR count). The lowest BCUT2D eigenvalue weighted by atomic mass is 10.6. The zero-order chi connectivity index (χ0) is 5.91. The van der Waals surface area contributed by atoms with E-state index in [9.17, 15) is 4.21 Å². The summed E-state index contributed by atoms with van der Waals surface area (Å²) >= 11 is 0. The van der Waals surface area contributed by atoms with Gasteiger partial charge in [-0.15, -0.1) is 4.21 Å². The molecule has 0 bridgehead atoms. The first kappa shape index (κ1) is 7.15. The van der Waals surface area contributed by atoms with Gasteiger partial charge in [-0.1, -0.05) is 6.92 Å². The van der Waals surface area contributed by atoms with Crippen molar-refractivity contribution in [2.45, 2.75) is 13.3 Å². The Bertz CT molecular complexity index is 82.1. The molecule has 0 amide bonds. The van der Waals surface area contributed by atoms with Crippen LogP contribution < -0.4 is 0 Å². The summed E-state index contributed by atoms with van der Waals surface area (Å²) in [5.41, 5.74) is 0. The van der Waals surface area contributed by atoms with Gasteiger partial charge in [0.2, 0.25) is 0 Å². The van der Waals surface area contributed by atoms with Crippen molar-refractivity contribution < 1.29 is 4.21 Å². The van der Waals surface area contributed by atoms with Gasteiger partial charge in [-0.25, -0.2) is 0 Å². The number of hydrogen-bond acceptors (Lipinski definition) is 1. The van der Waals surface area contributed by atoms with Crippen LogP contribution in [0.4, 0.5) is 0 Å². The fourth-order valence-electron chi connectivity index (χ4n) is 0.492. The number of rotatable bonds is 2. The minimum absolute atomic E-state index is 0.868. The summed E-state index contributed by atoms with van der Waals surface area (Å²) in [4.78, 5) is 0. The normalized spacial score (nSPS) is 11.9. The molecule has 0 aliphatic rings. The van der Waals surface area contributed by atoms with E-state index in [1.54, 1.807) is 12.5 Å². The van der Waals surface area contributed by atoms with E-state index in [0.29, 0.717) is 0 Å². The quantitative estimate of drug-likeness (QED) is 0.501. The Hall–Kier alpha value is 0.150. The maximum Gasteiger partial charge on any atom is 0.111 e. The molecular weight excluding hydrogens is 108 g/mol. The molecule has 0 aliphatic heterocycles. The summed E-state index contributed by atoms with van der Waals surface area (Å²) in [7, 11) is -1.42. The van der Waals surface area contributed by atoms with Crippen LogP contribution in [0.3, 0.4) is 0 Å². The van der Waals surface area contributed by atoms with Crippen LogP contribution in [0.1, 0.15) is 13.3 Å². The molecule has 0 saturated heterocycles. The lowest BCUT2D eigenvalue weighted by Crippen LogP contribution is -2.08. The lowest BCUT2D eigenvalue weighted by molar-refractivity contribution is 0.590. The van der Waals surface area contributed by atoms with Crippen molar-refractivity contribution in [3.8, 4) is 0 Å². The van der Waals surface area contributed by atoms with E-state index in [1.807, 2.05) is 6.92 Å². The first-order valence-electron chi connectivity index (χ1n) is 2.48. The fourth-order valence-corrected chi connectivity index (χ4v) is 1.47. The van der Waals surface area contributed by atoms with Crippen LogP contribution in [-0.2, 0) is 14.1 Å². The van der Waals surface area contributed by atoms with E-state index in [2.05, 4.69) is 0 Å². The van der Waals surface area contributed by atoms with Gasteiger partial charge in [0.15, 0.2) is 0 Å². The molecule has 1 nitrogen and oxygen atoms in total. The third-order valence-electron chi connectivity index (χ3n) is 0.696. The van der Waals surface area contributed by atoms with Crippen molar-refractivity contribution in [1.82, 2.24) is 0 Å². The Labute approximate surface area is 46.5 Å². The van der Waals surface area contributed by atoms with Gasteiger partial charge in [0.1, 0.15) is 18.3 Å². The van der Waals surface area contributed by atoms with Crippen molar-refractivity contribution in [2.75, 3.05) is 18.3 Å². The monoisotopic (exact) mass is 121 g/mol. The minimum atomic E-state index is -1.42. The Kier molecular flexibility index (Phi) is 2.51. The largest absolute Gasteiger partial charge is 0.111 e. The second-order valence-electron chi connectivity index (χ2n) is 2.14. The molecule has 0 aliphatic carbocycles. The van der Waals surface area contributed by atoms with Crippen LogP contribution in [0.2, 0.25) is 0 Å². The van der Waals surface area contributed by atoms with E-state index in [0.717, 1.165) is 12.2 Å². The van der Waals surface area contributed by atoms with Crippen molar-refractivity contribution in [3.05, 3.63) is 0 Å². The average Bonchev–Trinajstić information content (AvgIpc) is 1.30. The molecule has 2 heteroatoms. The predicted molar refractivity (Wildman–Crippen MR) is 35.1 cm³/mol. The molecule has 0 unspecified atom stereocenters. The van der Waals surface area contributed by atoms with Gasteiger partial charge in [0.05, 0.1) is 9.93 Å². The molecule has 0 aromatic heterocycles. The van der Waals surface area contributed by atoms with Gasteiger partial charge < -0.3 is 0 Å². The molecule has 0 atom stereocenters. The highest BCUT2D eigenvalue weighted by Gasteiger charge is 2.07. The van der Waals surface area contributed by atoms with Crippen molar-refractivity contribution in [3.63, 3.8) is 0 Å². The van der Waals surface area contributed by atoms with Crippen molar-refractivity contribution >= 4 is 9.93 Å². The minimum Gasteiger partial charge on any atom is -0.106 e. The van der Waals surface area contributed by atoms with Crippen LogP contribution in [0.15, 0.2) is 0 Å². The topological polar surface area (TPSA) is 17.1 Å². The molecule has 0 fully saturated rings. The zero-order valence-corrected chi connectivity index (χ0v) is 6.05. The maximum atomic E-state index is 10.8.